The van der Waals surface area contributed by atoms with Crippen LogP contribution >= 0.6 is 0 Å². The molecule has 0 saturated heterocycles. The van der Waals surface area contributed by atoms with Gasteiger partial charge in [0.2, 0.25) is 0 Å². The maximum atomic E-state index is 10.8. The lowest BCUT2D eigenvalue weighted by molar-refractivity contribution is -0.131. The SMILES string of the molecule is CC(=O)CCC/C=C/[C@H]1C[C@H](O)C[C@@H]1[C@H](O)/C=C/C(=O)O. The van der Waals surface area contributed by atoms with Gasteiger partial charge in [-0.3, -0.25) is 0 Å². The van der Waals surface area contributed by atoms with Gasteiger partial charge in [0.1, 0.15) is 5.78 Å². The predicted molar refractivity (Wildman–Crippen MR) is 78.7 cm³/mol. The molecule has 0 spiro atoms. The van der Waals surface area contributed by atoms with Gasteiger partial charge in [0.05, 0.1) is 12.2 Å². The summed E-state index contributed by atoms with van der Waals surface area (Å²) in [5.41, 5.74) is 0. The van der Waals surface area contributed by atoms with Crippen molar-refractivity contribution in [3.63, 3.8) is 0 Å². The number of aliphatic hydroxyl groups is 2. The Kier molecular flexibility index (Phi) is 7.32. The second-order valence-electron chi connectivity index (χ2n) is 5.66. The number of allylic oxidation sites excluding steroid dienone is 2. The lowest BCUT2D eigenvalue weighted by Gasteiger charge is -2.19. The third kappa shape index (κ3) is 6.69. The Balaban J connectivity index is 2.52. The number of rotatable bonds is 8. The number of carbonyl (C=O) groups is 2. The van der Waals surface area contributed by atoms with Crippen LogP contribution in [0.4, 0.5) is 0 Å². The maximum absolute atomic E-state index is 10.8. The van der Waals surface area contributed by atoms with Gasteiger partial charge in [0.25, 0.3) is 0 Å². The van der Waals surface area contributed by atoms with E-state index in [0.717, 1.165) is 18.9 Å². The number of hydrogen-bond acceptors (Lipinski definition) is 4. The summed E-state index contributed by atoms with van der Waals surface area (Å²) in [6.07, 6.45) is 8.01. The zero-order valence-corrected chi connectivity index (χ0v) is 12.3. The van der Waals surface area contributed by atoms with Crippen molar-refractivity contribution in [1.29, 1.82) is 0 Å². The van der Waals surface area contributed by atoms with Crippen molar-refractivity contribution in [3.05, 3.63) is 24.3 Å². The van der Waals surface area contributed by atoms with Crippen LogP contribution in [0.1, 0.15) is 39.0 Å². The van der Waals surface area contributed by atoms with Crippen molar-refractivity contribution in [2.45, 2.75) is 51.2 Å². The summed E-state index contributed by atoms with van der Waals surface area (Å²) in [5.74, 6) is -1.05. The van der Waals surface area contributed by atoms with Crippen LogP contribution in [0, 0.1) is 11.8 Å². The summed E-state index contributed by atoms with van der Waals surface area (Å²) in [6, 6.07) is 0. The molecule has 1 aliphatic carbocycles. The minimum atomic E-state index is -1.09. The van der Waals surface area contributed by atoms with Crippen molar-refractivity contribution < 1.29 is 24.9 Å². The molecule has 0 aromatic heterocycles. The van der Waals surface area contributed by atoms with Gasteiger partial charge in [0, 0.05) is 12.5 Å². The fourth-order valence-corrected chi connectivity index (χ4v) is 2.75. The molecule has 0 bridgehead atoms. The molecule has 1 aliphatic rings. The highest BCUT2D eigenvalue weighted by Crippen LogP contribution is 2.36. The minimum Gasteiger partial charge on any atom is -0.478 e. The first-order chi connectivity index (χ1) is 9.90. The number of unbranched alkanes of at least 4 members (excludes halogenated alkanes) is 1. The molecule has 21 heavy (non-hydrogen) atoms. The van der Waals surface area contributed by atoms with Crippen molar-refractivity contribution in [3.8, 4) is 0 Å². The van der Waals surface area contributed by atoms with Gasteiger partial charge >= 0.3 is 5.97 Å². The van der Waals surface area contributed by atoms with Crippen LogP contribution in [-0.4, -0.2) is 39.3 Å². The molecule has 0 unspecified atom stereocenters. The second-order valence-corrected chi connectivity index (χ2v) is 5.66. The Morgan fingerprint density at radius 2 is 2.05 bits per heavy atom. The maximum Gasteiger partial charge on any atom is 0.328 e. The van der Waals surface area contributed by atoms with E-state index in [2.05, 4.69) is 0 Å². The Bertz CT molecular complexity index is 413. The van der Waals surface area contributed by atoms with Crippen LogP contribution in [0.5, 0.6) is 0 Å². The third-order valence-corrected chi connectivity index (χ3v) is 3.80. The first-order valence-electron chi connectivity index (χ1n) is 7.33. The van der Waals surface area contributed by atoms with Gasteiger partial charge in [-0.1, -0.05) is 12.2 Å². The van der Waals surface area contributed by atoms with E-state index >= 15 is 0 Å². The highest BCUT2D eigenvalue weighted by Gasteiger charge is 2.35. The number of ketones is 1. The number of aliphatic hydroxyl groups excluding tert-OH is 2. The summed E-state index contributed by atoms with van der Waals surface area (Å²) < 4.78 is 0. The first kappa shape index (κ1) is 17.6. The van der Waals surface area contributed by atoms with Gasteiger partial charge in [-0.25, -0.2) is 4.79 Å². The number of carboxylic acid groups (broad SMARTS) is 1. The van der Waals surface area contributed by atoms with E-state index in [1.54, 1.807) is 6.92 Å². The number of aliphatic carboxylic acids is 1. The Morgan fingerprint density at radius 1 is 1.33 bits per heavy atom. The monoisotopic (exact) mass is 296 g/mol. The number of carboxylic acids is 1. The molecule has 3 N–H and O–H groups in total. The van der Waals surface area contributed by atoms with Crippen molar-refractivity contribution in [1.82, 2.24) is 0 Å². The molecule has 5 nitrogen and oxygen atoms in total. The average molecular weight is 296 g/mol. The van der Waals surface area contributed by atoms with E-state index in [9.17, 15) is 19.8 Å². The molecule has 0 aromatic carbocycles. The van der Waals surface area contributed by atoms with Gasteiger partial charge in [0.15, 0.2) is 0 Å². The number of Topliss-reactive ketones (excluding diaryl/α,β-unsaturated/α-hetero) is 1. The standard InChI is InChI=1S/C16H24O5/c1-11(17)5-3-2-4-6-12-9-13(18)10-14(12)15(19)7-8-16(20)21/h4,6-8,12-15,18-19H,2-3,5,9-10H2,1H3,(H,20,21)/b6-4+,8-7+/t12-,13-,14-,15+/m0/s1. The fraction of sp³-hybridized carbons (Fsp3) is 0.625. The zero-order valence-electron chi connectivity index (χ0n) is 12.3. The highest BCUT2D eigenvalue weighted by atomic mass is 16.4. The van der Waals surface area contributed by atoms with Crippen LogP contribution in [0.2, 0.25) is 0 Å². The Morgan fingerprint density at radius 3 is 2.67 bits per heavy atom. The van der Waals surface area contributed by atoms with Gasteiger partial charge in [-0.15, -0.1) is 0 Å². The van der Waals surface area contributed by atoms with Crippen LogP contribution in [0.15, 0.2) is 24.3 Å². The minimum absolute atomic E-state index is 0.0331. The van der Waals surface area contributed by atoms with Crippen LogP contribution in [0.25, 0.3) is 0 Å². The molecule has 0 radical (unpaired) electrons. The summed E-state index contributed by atoms with van der Waals surface area (Å²) in [7, 11) is 0. The van der Waals surface area contributed by atoms with E-state index in [1.165, 1.54) is 6.08 Å². The zero-order chi connectivity index (χ0) is 15.8. The second kappa shape index (κ2) is 8.74. The molecule has 4 atom stereocenters. The topological polar surface area (TPSA) is 94.8 Å². The van der Waals surface area contributed by atoms with E-state index in [4.69, 9.17) is 5.11 Å². The van der Waals surface area contributed by atoms with Crippen molar-refractivity contribution >= 4 is 11.8 Å². The van der Waals surface area contributed by atoms with Crippen molar-refractivity contribution in [2.75, 3.05) is 0 Å². The lowest BCUT2D eigenvalue weighted by Crippen LogP contribution is -2.21. The smallest absolute Gasteiger partial charge is 0.328 e. The molecule has 0 aromatic rings. The van der Waals surface area contributed by atoms with E-state index < -0.39 is 18.2 Å². The van der Waals surface area contributed by atoms with Crippen molar-refractivity contribution in [2.24, 2.45) is 11.8 Å². The summed E-state index contributed by atoms with van der Waals surface area (Å²) >= 11 is 0. The Hall–Kier alpha value is -1.46. The van der Waals surface area contributed by atoms with E-state index in [-0.39, 0.29) is 17.6 Å². The Labute approximate surface area is 125 Å². The summed E-state index contributed by atoms with van der Waals surface area (Å²) in [5, 5.41) is 28.3. The fourth-order valence-electron chi connectivity index (χ4n) is 2.75. The first-order valence-corrected chi connectivity index (χ1v) is 7.33. The van der Waals surface area contributed by atoms with Crippen LogP contribution < -0.4 is 0 Å². The van der Waals surface area contributed by atoms with Gasteiger partial charge in [-0.2, -0.15) is 0 Å². The highest BCUT2D eigenvalue weighted by molar-refractivity contribution is 5.79. The van der Waals surface area contributed by atoms with Crippen LogP contribution in [0.3, 0.4) is 0 Å². The number of carbonyl (C=O) groups excluding carboxylic acids is 1. The lowest BCUT2D eigenvalue weighted by atomic mass is 9.90. The molecule has 0 heterocycles. The molecular weight excluding hydrogens is 272 g/mol. The number of hydrogen-bond donors (Lipinski definition) is 3. The molecule has 1 rings (SSSR count). The van der Waals surface area contributed by atoms with Gasteiger partial charge in [-0.05, 0) is 50.5 Å². The molecule has 118 valence electrons. The normalized spacial score (nSPS) is 27.5. The van der Waals surface area contributed by atoms with E-state index in [1.807, 2.05) is 12.2 Å². The average Bonchev–Trinajstić information content (AvgIpc) is 2.76. The molecule has 1 saturated carbocycles. The molecular formula is C16H24O5. The van der Waals surface area contributed by atoms with Gasteiger partial charge < -0.3 is 20.1 Å². The molecule has 1 fully saturated rings. The summed E-state index contributed by atoms with van der Waals surface area (Å²) in [4.78, 5) is 21.3. The summed E-state index contributed by atoms with van der Waals surface area (Å²) in [6.45, 7) is 1.57. The third-order valence-electron chi connectivity index (χ3n) is 3.80. The molecule has 0 aliphatic heterocycles. The largest absolute Gasteiger partial charge is 0.478 e. The predicted octanol–water partition coefficient (Wildman–Crippen LogP) is 1.69. The van der Waals surface area contributed by atoms with Crippen LogP contribution in [-0.2, 0) is 9.59 Å². The molecule has 0 amide bonds. The quantitative estimate of drug-likeness (QED) is 0.360. The molecule has 5 heteroatoms. The van der Waals surface area contributed by atoms with E-state index in [0.29, 0.717) is 19.3 Å².